The summed E-state index contributed by atoms with van der Waals surface area (Å²) in [5.74, 6) is -1.45. The molecule has 23 heavy (non-hydrogen) atoms. The maximum Gasteiger partial charge on any atom is 0.350 e. The number of carbonyl (C=O) groups excluding carboxylic acids is 3. The lowest BCUT2D eigenvalue weighted by atomic mass is 10.1. The zero-order valence-electron chi connectivity index (χ0n) is 13.5. The molecule has 1 amide bonds. The molecule has 8 nitrogen and oxygen atoms in total. The second kappa shape index (κ2) is 8.78. The van der Waals surface area contributed by atoms with E-state index in [0.29, 0.717) is 13.1 Å². The minimum Gasteiger partial charge on any atom is -0.465 e. The summed E-state index contributed by atoms with van der Waals surface area (Å²) in [5.41, 5.74) is -0.234. The molecular weight excluding hydrogens is 302 g/mol. The SMILES string of the molecule is COC(=O)/C(C#N)=C/N1CCNC(=O)C1CC(=O)OCC(C)C. The Morgan fingerprint density at radius 2 is 2.22 bits per heavy atom. The molecule has 0 saturated carbocycles. The molecule has 1 aliphatic heterocycles. The molecular formula is C15H21N3O5. The van der Waals surface area contributed by atoms with E-state index in [9.17, 15) is 14.4 Å². The van der Waals surface area contributed by atoms with Crippen molar-refractivity contribution < 1.29 is 23.9 Å². The van der Waals surface area contributed by atoms with Crippen molar-refractivity contribution in [2.75, 3.05) is 26.8 Å². The molecule has 126 valence electrons. The number of methoxy groups -OCH3 is 1. The van der Waals surface area contributed by atoms with Crippen LogP contribution in [0.4, 0.5) is 0 Å². The van der Waals surface area contributed by atoms with Gasteiger partial charge in [-0.25, -0.2) is 4.79 Å². The van der Waals surface area contributed by atoms with Crippen LogP contribution in [0.1, 0.15) is 20.3 Å². The van der Waals surface area contributed by atoms with Crippen molar-refractivity contribution in [1.82, 2.24) is 10.2 Å². The van der Waals surface area contributed by atoms with Gasteiger partial charge in [-0.3, -0.25) is 9.59 Å². The third-order valence-electron chi connectivity index (χ3n) is 3.13. The van der Waals surface area contributed by atoms with E-state index in [1.165, 1.54) is 11.1 Å². The molecule has 0 aliphatic carbocycles. The maximum absolute atomic E-state index is 12.0. The van der Waals surface area contributed by atoms with Crippen LogP contribution in [0.15, 0.2) is 11.8 Å². The van der Waals surface area contributed by atoms with Gasteiger partial charge < -0.3 is 19.7 Å². The molecule has 0 radical (unpaired) electrons. The number of piperazine rings is 1. The van der Waals surface area contributed by atoms with Crippen molar-refractivity contribution in [2.24, 2.45) is 5.92 Å². The number of nitrogens with one attached hydrogen (secondary N) is 1. The minimum absolute atomic E-state index is 0.158. The van der Waals surface area contributed by atoms with E-state index in [1.54, 1.807) is 6.07 Å². The van der Waals surface area contributed by atoms with Crippen LogP contribution in [0, 0.1) is 17.2 Å². The highest BCUT2D eigenvalue weighted by Crippen LogP contribution is 2.13. The van der Waals surface area contributed by atoms with Gasteiger partial charge in [-0.05, 0) is 5.92 Å². The van der Waals surface area contributed by atoms with Crippen molar-refractivity contribution in [3.63, 3.8) is 0 Å². The summed E-state index contributed by atoms with van der Waals surface area (Å²) in [4.78, 5) is 36.8. The fraction of sp³-hybridized carbons (Fsp3) is 0.600. The first-order chi connectivity index (χ1) is 10.9. The number of hydrogen-bond donors (Lipinski definition) is 1. The number of carbonyl (C=O) groups is 3. The number of hydrogen-bond acceptors (Lipinski definition) is 7. The molecule has 1 atom stereocenters. The highest BCUT2D eigenvalue weighted by Gasteiger charge is 2.31. The van der Waals surface area contributed by atoms with Gasteiger partial charge in [0, 0.05) is 19.3 Å². The highest BCUT2D eigenvalue weighted by atomic mass is 16.5. The zero-order valence-corrected chi connectivity index (χ0v) is 13.5. The van der Waals surface area contributed by atoms with Gasteiger partial charge in [-0.1, -0.05) is 13.8 Å². The molecule has 1 heterocycles. The molecule has 1 rings (SSSR count). The van der Waals surface area contributed by atoms with Crippen LogP contribution >= 0.6 is 0 Å². The monoisotopic (exact) mass is 323 g/mol. The quantitative estimate of drug-likeness (QED) is 0.415. The molecule has 0 aromatic heterocycles. The number of amides is 1. The zero-order chi connectivity index (χ0) is 17.4. The Morgan fingerprint density at radius 3 is 2.78 bits per heavy atom. The summed E-state index contributed by atoms with van der Waals surface area (Å²) < 4.78 is 9.58. The summed E-state index contributed by atoms with van der Waals surface area (Å²) in [6.07, 6.45) is 1.10. The van der Waals surface area contributed by atoms with Crippen molar-refractivity contribution in [2.45, 2.75) is 26.3 Å². The van der Waals surface area contributed by atoms with Crippen LogP contribution in [0.3, 0.4) is 0 Å². The normalized spacial score (nSPS) is 18.2. The van der Waals surface area contributed by atoms with E-state index in [0.717, 1.165) is 7.11 Å². The van der Waals surface area contributed by atoms with Crippen LogP contribution < -0.4 is 5.32 Å². The first kappa shape index (κ1) is 18.5. The average Bonchev–Trinajstić information content (AvgIpc) is 2.52. The van der Waals surface area contributed by atoms with Gasteiger partial charge >= 0.3 is 11.9 Å². The molecule has 0 bridgehead atoms. The van der Waals surface area contributed by atoms with Crippen molar-refractivity contribution in [3.8, 4) is 6.07 Å². The van der Waals surface area contributed by atoms with Gasteiger partial charge in [0.15, 0.2) is 5.57 Å². The van der Waals surface area contributed by atoms with E-state index in [1.807, 2.05) is 13.8 Å². The van der Waals surface area contributed by atoms with Gasteiger partial charge in [0.25, 0.3) is 0 Å². The molecule has 0 aromatic rings. The lowest BCUT2D eigenvalue weighted by molar-refractivity contribution is -0.148. The van der Waals surface area contributed by atoms with E-state index < -0.39 is 18.0 Å². The second-order valence-electron chi connectivity index (χ2n) is 5.47. The fourth-order valence-electron chi connectivity index (χ4n) is 1.98. The predicted molar refractivity (Wildman–Crippen MR) is 79.6 cm³/mol. The first-order valence-electron chi connectivity index (χ1n) is 7.28. The topological polar surface area (TPSA) is 109 Å². The van der Waals surface area contributed by atoms with E-state index >= 15 is 0 Å². The summed E-state index contributed by atoms with van der Waals surface area (Å²) in [7, 11) is 1.16. The highest BCUT2D eigenvalue weighted by molar-refractivity contribution is 5.93. The number of nitriles is 1. The molecule has 1 N–H and O–H groups in total. The van der Waals surface area contributed by atoms with Gasteiger partial charge in [-0.15, -0.1) is 0 Å². The van der Waals surface area contributed by atoms with E-state index in [4.69, 9.17) is 10.00 Å². The molecule has 0 spiro atoms. The number of rotatable bonds is 6. The Balaban J connectivity index is 2.85. The van der Waals surface area contributed by atoms with Crippen molar-refractivity contribution >= 4 is 17.8 Å². The average molecular weight is 323 g/mol. The predicted octanol–water partition coefficient (Wildman–Crippen LogP) is -0.0434. The Hall–Kier alpha value is -2.56. The van der Waals surface area contributed by atoms with Crippen LogP contribution in [-0.2, 0) is 23.9 Å². The summed E-state index contributed by atoms with van der Waals surface area (Å²) in [6, 6.07) is 0.903. The third kappa shape index (κ3) is 5.62. The summed E-state index contributed by atoms with van der Waals surface area (Å²) >= 11 is 0. The van der Waals surface area contributed by atoms with Gasteiger partial charge in [0.2, 0.25) is 5.91 Å². The van der Waals surface area contributed by atoms with Gasteiger partial charge in [-0.2, -0.15) is 5.26 Å². The van der Waals surface area contributed by atoms with E-state index in [-0.39, 0.29) is 30.4 Å². The Morgan fingerprint density at radius 1 is 1.52 bits per heavy atom. The molecule has 8 heteroatoms. The summed E-state index contributed by atoms with van der Waals surface area (Å²) in [6.45, 7) is 4.81. The smallest absolute Gasteiger partial charge is 0.350 e. The van der Waals surface area contributed by atoms with Gasteiger partial charge in [0.05, 0.1) is 20.1 Å². The lowest BCUT2D eigenvalue weighted by Gasteiger charge is -2.33. The van der Waals surface area contributed by atoms with Crippen LogP contribution in [0.2, 0.25) is 0 Å². The Bertz CT molecular complexity index is 536. The lowest BCUT2D eigenvalue weighted by Crippen LogP contribution is -2.54. The molecule has 1 aliphatic rings. The largest absolute Gasteiger partial charge is 0.465 e. The Labute approximate surface area is 135 Å². The number of esters is 2. The van der Waals surface area contributed by atoms with Crippen molar-refractivity contribution in [3.05, 3.63) is 11.8 Å². The van der Waals surface area contributed by atoms with Crippen LogP contribution in [0.5, 0.6) is 0 Å². The minimum atomic E-state index is -0.823. The molecule has 1 saturated heterocycles. The van der Waals surface area contributed by atoms with Crippen molar-refractivity contribution in [1.29, 1.82) is 5.26 Å². The molecule has 1 fully saturated rings. The standard InChI is InChI=1S/C15H21N3O5/c1-10(2)9-23-13(19)6-12-14(20)17-4-5-18(12)8-11(7-16)15(21)22-3/h8,10,12H,4-6,9H2,1-3H3,(H,17,20)/b11-8+. The second-order valence-corrected chi connectivity index (χ2v) is 5.47. The van der Waals surface area contributed by atoms with E-state index in [2.05, 4.69) is 10.1 Å². The number of ether oxygens (including phenoxy) is 2. The first-order valence-corrected chi connectivity index (χ1v) is 7.28. The third-order valence-corrected chi connectivity index (χ3v) is 3.13. The van der Waals surface area contributed by atoms with Gasteiger partial charge in [0.1, 0.15) is 12.1 Å². The van der Waals surface area contributed by atoms with Crippen LogP contribution in [-0.4, -0.2) is 55.6 Å². The van der Waals surface area contributed by atoms with Crippen LogP contribution in [0.25, 0.3) is 0 Å². The summed E-state index contributed by atoms with van der Waals surface area (Å²) in [5, 5.41) is 11.6. The molecule has 1 unspecified atom stereocenters. The number of nitrogens with zero attached hydrogens (tertiary/aromatic N) is 2. The maximum atomic E-state index is 12.0. The Kier molecular flexibility index (Phi) is 7.06. The fourth-order valence-corrected chi connectivity index (χ4v) is 1.98. The molecule has 0 aromatic carbocycles.